The maximum absolute atomic E-state index is 12.5. The Morgan fingerprint density at radius 1 is 1.14 bits per heavy atom. The van der Waals surface area contributed by atoms with Crippen LogP contribution in [0.3, 0.4) is 0 Å². The molecule has 3 rings (SSSR count). The lowest BCUT2D eigenvalue weighted by molar-refractivity contribution is -0.116. The quantitative estimate of drug-likeness (QED) is 0.617. The van der Waals surface area contributed by atoms with E-state index in [1.165, 1.54) is 17.3 Å². The molecule has 5 nitrogen and oxygen atoms in total. The van der Waals surface area contributed by atoms with Crippen molar-refractivity contribution in [2.45, 2.75) is 32.7 Å². The van der Waals surface area contributed by atoms with Gasteiger partial charge < -0.3 is 20.3 Å². The Bertz CT molecular complexity index is 876. The molecule has 0 unspecified atom stereocenters. The first-order valence-electron chi connectivity index (χ1n) is 10.1. The van der Waals surface area contributed by atoms with Crippen molar-refractivity contribution in [1.82, 2.24) is 5.32 Å². The van der Waals surface area contributed by atoms with E-state index in [1.54, 1.807) is 7.11 Å². The highest BCUT2D eigenvalue weighted by atomic mass is 32.2. The van der Waals surface area contributed by atoms with E-state index in [0.717, 1.165) is 42.2 Å². The van der Waals surface area contributed by atoms with E-state index in [2.05, 4.69) is 54.5 Å². The second kappa shape index (κ2) is 9.74. The normalized spacial score (nSPS) is 17.3. The number of nitrogens with zero attached hydrogens (tertiary/aromatic N) is 1. The molecule has 2 aromatic rings. The maximum Gasteiger partial charge on any atom is 0.260 e. The summed E-state index contributed by atoms with van der Waals surface area (Å²) in [4.78, 5) is 15.4. The van der Waals surface area contributed by atoms with Crippen LogP contribution in [0.15, 0.2) is 47.4 Å². The van der Waals surface area contributed by atoms with Gasteiger partial charge in [0, 0.05) is 36.1 Å². The van der Waals surface area contributed by atoms with Gasteiger partial charge in [-0.15, -0.1) is 0 Å². The van der Waals surface area contributed by atoms with Gasteiger partial charge in [-0.25, -0.2) is 0 Å². The van der Waals surface area contributed by atoms with Crippen molar-refractivity contribution < 1.29 is 9.53 Å². The first-order chi connectivity index (χ1) is 14.1. The van der Waals surface area contributed by atoms with Gasteiger partial charge >= 0.3 is 0 Å². The zero-order chi connectivity index (χ0) is 20.8. The first-order valence-corrected chi connectivity index (χ1v) is 10.9. The van der Waals surface area contributed by atoms with E-state index in [9.17, 15) is 4.79 Å². The summed E-state index contributed by atoms with van der Waals surface area (Å²) in [6.45, 7) is 8.27. The fraction of sp³-hybridized carbons (Fsp3) is 0.348. The molecule has 0 spiro atoms. The van der Waals surface area contributed by atoms with Gasteiger partial charge in [-0.1, -0.05) is 30.8 Å². The molecule has 154 valence electrons. The average Bonchev–Trinajstić information content (AvgIpc) is 3.09. The number of rotatable bonds is 8. The minimum absolute atomic E-state index is 0.0763. The number of methoxy groups -OCH3 is 1. The van der Waals surface area contributed by atoms with E-state index in [0.29, 0.717) is 4.91 Å². The Morgan fingerprint density at radius 3 is 2.48 bits per heavy atom. The number of carbonyl (C=O) groups is 1. The molecule has 1 amide bonds. The molecular weight excluding hydrogens is 382 g/mol. The number of amides is 1. The summed E-state index contributed by atoms with van der Waals surface area (Å²) >= 11 is 1.48. The molecule has 29 heavy (non-hydrogen) atoms. The Labute approximate surface area is 177 Å². The largest absolute Gasteiger partial charge is 0.496 e. The van der Waals surface area contributed by atoms with E-state index in [-0.39, 0.29) is 11.4 Å². The molecule has 2 aromatic carbocycles. The van der Waals surface area contributed by atoms with Crippen molar-refractivity contribution in [3.63, 3.8) is 0 Å². The molecular formula is C23H29N3O2S. The fourth-order valence-electron chi connectivity index (χ4n) is 3.30. The number of thioether (sulfide) groups is 1. The predicted molar refractivity (Wildman–Crippen MR) is 123 cm³/mol. The van der Waals surface area contributed by atoms with Crippen molar-refractivity contribution in [1.29, 1.82) is 0 Å². The molecule has 2 N–H and O–H groups in total. The summed E-state index contributed by atoms with van der Waals surface area (Å²) in [6.07, 6.45) is 2.91. The number of anilines is 2. The summed E-state index contributed by atoms with van der Waals surface area (Å²) in [5, 5.41) is 6.34. The number of ether oxygens (including phenoxy) is 1. The Balaban J connectivity index is 1.75. The van der Waals surface area contributed by atoms with Gasteiger partial charge in [0.15, 0.2) is 5.50 Å². The van der Waals surface area contributed by atoms with Crippen molar-refractivity contribution in [2.24, 2.45) is 0 Å². The smallest absolute Gasteiger partial charge is 0.260 e. The van der Waals surface area contributed by atoms with E-state index < -0.39 is 0 Å². The van der Waals surface area contributed by atoms with Crippen LogP contribution in [-0.2, 0) is 11.2 Å². The van der Waals surface area contributed by atoms with Crippen LogP contribution >= 0.6 is 11.8 Å². The predicted octanol–water partition coefficient (Wildman–Crippen LogP) is 4.70. The van der Waals surface area contributed by atoms with Gasteiger partial charge in [0.05, 0.1) is 12.0 Å². The lowest BCUT2D eigenvalue weighted by atomic mass is 10.1. The Kier molecular flexibility index (Phi) is 7.09. The highest BCUT2D eigenvalue weighted by Gasteiger charge is 2.27. The van der Waals surface area contributed by atoms with Crippen LogP contribution < -0.4 is 20.3 Å². The van der Waals surface area contributed by atoms with Gasteiger partial charge in [0.2, 0.25) is 0 Å². The summed E-state index contributed by atoms with van der Waals surface area (Å²) in [6, 6.07) is 14.4. The molecule has 1 atom stereocenters. The molecule has 0 aliphatic carbocycles. The molecule has 1 heterocycles. The van der Waals surface area contributed by atoms with Crippen molar-refractivity contribution in [2.75, 3.05) is 30.4 Å². The Morgan fingerprint density at radius 2 is 1.86 bits per heavy atom. The van der Waals surface area contributed by atoms with Crippen molar-refractivity contribution in [3.8, 4) is 5.75 Å². The molecule has 1 saturated heterocycles. The summed E-state index contributed by atoms with van der Waals surface area (Å²) in [5.41, 5.74) is 4.10. The Hall–Kier alpha value is -2.60. The molecule has 1 aliphatic rings. The third kappa shape index (κ3) is 5.07. The van der Waals surface area contributed by atoms with Crippen LogP contribution in [0.2, 0.25) is 0 Å². The number of benzene rings is 2. The number of carbonyl (C=O) groups excluding carboxylic acids is 1. The zero-order valence-electron chi connectivity index (χ0n) is 17.5. The summed E-state index contributed by atoms with van der Waals surface area (Å²) in [5.74, 6) is 0.689. The number of hydrogen-bond donors (Lipinski definition) is 2. The number of aryl methyl sites for hydroxylation is 1. The molecule has 1 aliphatic heterocycles. The fourth-order valence-corrected chi connectivity index (χ4v) is 4.27. The summed E-state index contributed by atoms with van der Waals surface area (Å²) in [7, 11) is 1.66. The molecule has 0 radical (unpaired) electrons. The SMILES string of the molecule is CCc1ccc(N[C@@H]2NC(=O)/C(=C/c3ccc(N(CC)CC)cc3OC)S2)cc1. The standard InChI is InChI=1S/C23H29N3O2S/c1-5-16-8-11-18(12-9-16)24-23-25-22(27)21(29-23)14-17-10-13-19(15-20(17)28-4)26(6-2)7-3/h8-15,23-24H,5-7H2,1-4H3,(H,25,27)/b21-14-/t23-/m1/s1. The second-order valence-electron chi connectivity index (χ2n) is 6.77. The van der Waals surface area contributed by atoms with E-state index >= 15 is 0 Å². The number of hydrogen-bond acceptors (Lipinski definition) is 5. The van der Waals surface area contributed by atoms with Gasteiger partial charge in [-0.2, -0.15) is 0 Å². The third-order valence-electron chi connectivity index (χ3n) is 5.02. The number of nitrogens with one attached hydrogen (secondary N) is 2. The highest BCUT2D eigenvalue weighted by molar-refractivity contribution is 8.05. The van der Waals surface area contributed by atoms with E-state index in [1.807, 2.05) is 30.3 Å². The van der Waals surface area contributed by atoms with Crippen LogP contribution in [0.25, 0.3) is 6.08 Å². The minimum Gasteiger partial charge on any atom is -0.496 e. The van der Waals surface area contributed by atoms with Crippen molar-refractivity contribution in [3.05, 3.63) is 58.5 Å². The first kappa shape index (κ1) is 21.1. The minimum atomic E-state index is -0.192. The second-order valence-corrected chi connectivity index (χ2v) is 7.92. The van der Waals surface area contributed by atoms with E-state index in [4.69, 9.17) is 4.74 Å². The zero-order valence-corrected chi connectivity index (χ0v) is 18.3. The molecule has 0 saturated carbocycles. The molecule has 0 aromatic heterocycles. The maximum atomic E-state index is 12.5. The van der Waals surface area contributed by atoms with Crippen molar-refractivity contribution >= 4 is 35.1 Å². The van der Waals surface area contributed by atoms with Crippen LogP contribution in [0.4, 0.5) is 11.4 Å². The van der Waals surface area contributed by atoms with Crippen LogP contribution in [0.1, 0.15) is 31.9 Å². The highest BCUT2D eigenvalue weighted by Crippen LogP contribution is 2.33. The molecule has 6 heteroatoms. The van der Waals surface area contributed by atoms with Crippen LogP contribution in [0, 0.1) is 0 Å². The molecule has 1 fully saturated rings. The lowest BCUT2D eigenvalue weighted by Gasteiger charge is -2.22. The topological polar surface area (TPSA) is 53.6 Å². The van der Waals surface area contributed by atoms with Gasteiger partial charge in [-0.3, -0.25) is 4.79 Å². The average molecular weight is 412 g/mol. The monoisotopic (exact) mass is 411 g/mol. The molecule has 0 bridgehead atoms. The van der Waals surface area contributed by atoms with Crippen LogP contribution in [-0.4, -0.2) is 31.6 Å². The third-order valence-corrected chi connectivity index (χ3v) is 6.05. The summed E-state index contributed by atoms with van der Waals surface area (Å²) < 4.78 is 5.59. The van der Waals surface area contributed by atoms with Crippen LogP contribution in [0.5, 0.6) is 5.75 Å². The van der Waals surface area contributed by atoms with Gasteiger partial charge in [0.25, 0.3) is 5.91 Å². The lowest BCUT2D eigenvalue weighted by Crippen LogP contribution is -2.30. The van der Waals surface area contributed by atoms with Gasteiger partial charge in [-0.05, 0) is 56.2 Å². The van der Waals surface area contributed by atoms with Gasteiger partial charge in [0.1, 0.15) is 5.75 Å².